The lowest BCUT2D eigenvalue weighted by molar-refractivity contribution is 0.0951. The Bertz CT molecular complexity index is 896. The van der Waals surface area contributed by atoms with Gasteiger partial charge in [0, 0.05) is 26.2 Å². The van der Waals surface area contributed by atoms with E-state index in [0.29, 0.717) is 20.2 Å². The van der Waals surface area contributed by atoms with Crippen LogP contribution in [0.2, 0.25) is 0 Å². The number of hydrogen-bond acceptors (Lipinski definition) is 3. The summed E-state index contributed by atoms with van der Waals surface area (Å²) in [5.41, 5.74) is 0.765. The smallest absolute Gasteiger partial charge is 0.263 e. The summed E-state index contributed by atoms with van der Waals surface area (Å²) in [6, 6.07) is 11.6. The molecule has 1 aliphatic rings. The highest BCUT2D eigenvalue weighted by Crippen LogP contribution is 2.27. The minimum atomic E-state index is -3.78. The van der Waals surface area contributed by atoms with Gasteiger partial charge in [0.1, 0.15) is 4.90 Å². The van der Waals surface area contributed by atoms with E-state index < -0.39 is 10.0 Å². The van der Waals surface area contributed by atoms with Crippen LogP contribution in [0.3, 0.4) is 0 Å². The monoisotopic (exact) mass is 472 g/mol. The second-order valence-electron chi connectivity index (χ2n) is 5.51. The predicted molar refractivity (Wildman–Crippen MR) is 99.6 cm³/mol. The molecule has 0 spiro atoms. The van der Waals surface area contributed by atoms with Crippen LogP contribution < -0.4 is 10.0 Å². The van der Waals surface area contributed by atoms with Crippen LogP contribution in [-0.2, 0) is 10.0 Å². The van der Waals surface area contributed by atoms with Crippen molar-refractivity contribution in [3.63, 3.8) is 0 Å². The summed E-state index contributed by atoms with van der Waals surface area (Å²) in [6.07, 6.45) is 1.99. The average Bonchev–Trinajstić information content (AvgIpc) is 3.33. The first-order chi connectivity index (χ1) is 11.3. The van der Waals surface area contributed by atoms with Crippen molar-refractivity contribution in [3.05, 3.63) is 57.0 Å². The van der Waals surface area contributed by atoms with Gasteiger partial charge >= 0.3 is 0 Å². The standard InChI is InChI=1S/C16H14Br2N2O3S/c17-11-4-7-14(18)15(9-11)24(22,23)20-13-3-1-2-10(8-13)16(21)19-12-5-6-12/h1-4,7-9,12,20H,5-6H2,(H,19,21). The van der Waals surface area contributed by atoms with Gasteiger partial charge < -0.3 is 5.32 Å². The fourth-order valence-corrected chi connectivity index (χ4v) is 4.67. The summed E-state index contributed by atoms with van der Waals surface area (Å²) >= 11 is 6.51. The molecule has 0 unspecified atom stereocenters. The van der Waals surface area contributed by atoms with Gasteiger partial charge in [0.2, 0.25) is 0 Å². The van der Waals surface area contributed by atoms with E-state index in [-0.39, 0.29) is 16.8 Å². The number of amides is 1. The normalized spacial score (nSPS) is 14.2. The van der Waals surface area contributed by atoms with Crippen LogP contribution in [0.15, 0.2) is 56.3 Å². The van der Waals surface area contributed by atoms with Crippen LogP contribution in [0.4, 0.5) is 5.69 Å². The molecule has 24 heavy (non-hydrogen) atoms. The van der Waals surface area contributed by atoms with Crippen molar-refractivity contribution in [3.8, 4) is 0 Å². The molecule has 0 aromatic heterocycles. The second-order valence-corrected chi connectivity index (χ2v) is 8.93. The maximum absolute atomic E-state index is 12.6. The van der Waals surface area contributed by atoms with Crippen molar-refractivity contribution in [1.82, 2.24) is 5.32 Å². The number of hydrogen-bond donors (Lipinski definition) is 2. The average molecular weight is 474 g/mol. The lowest BCUT2D eigenvalue weighted by Crippen LogP contribution is -2.25. The fraction of sp³-hybridized carbons (Fsp3) is 0.188. The van der Waals surface area contributed by atoms with Crippen LogP contribution >= 0.6 is 31.9 Å². The van der Waals surface area contributed by atoms with Gasteiger partial charge in [0.05, 0.1) is 0 Å². The Hall–Kier alpha value is -1.38. The quantitative estimate of drug-likeness (QED) is 0.691. The van der Waals surface area contributed by atoms with E-state index in [1.54, 1.807) is 30.3 Å². The van der Waals surface area contributed by atoms with Crippen molar-refractivity contribution in [2.24, 2.45) is 0 Å². The maximum Gasteiger partial charge on any atom is 0.263 e. The molecule has 2 N–H and O–H groups in total. The molecule has 0 aliphatic heterocycles. The Morgan fingerprint density at radius 3 is 2.54 bits per heavy atom. The maximum atomic E-state index is 12.6. The molecule has 3 rings (SSSR count). The predicted octanol–water partition coefficient (Wildman–Crippen LogP) is 3.90. The molecule has 2 aromatic rings. The zero-order chi connectivity index (χ0) is 17.3. The number of carbonyl (C=O) groups excluding carboxylic acids is 1. The van der Waals surface area contributed by atoms with Gasteiger partial charge in [0.15, 0.2) is 0 Å². The van der Waals surface area contributed by atoms with Crippen LogP contribution in [0.25, 0.3) is 0 Å². The minimum Gasteiger partial charge on any atom is -0.349 e. The number of carbonyl (C=O) groups is 1. The minimum absolute atomic E-state index is 0.115. The van der Waals surface area contributed by atoms with E-state index in [2.05, 4.69) is 41.9 Å². The van der Waals surface area contributed by atoms with Crippen LogP contribution in [-0.4, -0.2) is 20.4 Å². The molecule has 0 bridgehead atoms. The third kappa shape index (κ3) is 4.17. The molecular formula is C16H14Br2N2O3S. The molecular weight excluding hydrogens is 460 g/mol. The topological polar surface area (TPSA) is 75.3 Å². The van der Waals surface area contributed by atoms with Gasteiger partial charge in [-0.1, -0.05) is 22.0 Å². The van der Waals surface area contributed by atoms with Crippen LogP contribution in [0.1, 0.15) is 23.2 Å². The Balaban J connectivity index is 1.84. The summed E-state index contributed by atoms with van der Waals surface area (Å²) in [5.74, 6) is -0.192. The van der Waals surface area contributed by atoms with E-state index in [1.807, 2.05) is 0 Å². The van der Waals surface area contributed by atoms with E-state index in [0.717, 1.165) is 12.8 Å². The first kappa shape index (κ1) is 17.4. The van der Waals surface area contributed by atoms with Gasteiger partial charge in [-0.25, -0.2) is 8.42 Å². The summed E-state index contributed by atoms with van der Waals surface area (Å²) in [4.78, 5) is 12.2. The molecule has 8 heteroatoms. The Morgan fingerprint density at radius 2 is 1.83 bits per heavy atom. The molecule has 1 amide bonds. The second kappa shape index (κ2) is 6.85. The van der Waals surface area contributed by atoms with Crippen molar-refractivity contribution < 1.29 is 13.2 Å². The van der Waals surface area contributed by atoms with Crippen LogP contribution in [0.5, 0.6) is 0 Å². The summed E-state index contributed by atoms with van der Waals surface area (Å²) < 4.78 is 28.8. The molecule has 0 heterocycles. The molecule has 1 saturated carbocycles. The van der Waals surface area contributed by atoms with Crippen LogP contribution in [0, 0.1) is 0 Å². The van der Waals surface area contributed by atoms with Gasteiger partial charge in [-0.05, 0) is 65.2 Å². The Labute approximate surface area is 157 Å². The highest BCUT2D eigenvalue weighted by molar-refractivity contribution is 9.11. The van der Waals surface area contributed by atoms with Gasteiger partial charge in [-0.3, -0.25) is 9.52 Å². The number of benzene rings is 2. The van der Waals surface area contributed by atoms with E-state index in [9.17, 15) is 13.2 Å². The molecule has 5 nitrogen and oxygen atoms in total. The van der Waals surface area contributed by atoms with E-state index in [4.69, 9.17) is 0 Å². The molecule has 0 atom stereocenters. The SMILES string of the molecule is O=C(NC1CC1)c1cccc(NS(=O)(=O)c2cc(Br)ccc2Br)c1. The molecule has 2 aromatic carbocycles. The van der Waals surface area contributed by atoms with E-state index >= 15 is 0 Å². The van der Waals surface area contributed by atoms with Gasteiger partial charge in [-0.15, -0.1) is 0 Å². The lowest BCUT2D eigenvalue weighted by Gasteiger charge is -2.11. The van der Waals surface area contributed by atoms with Crippen molar-refractivity contribution in [2.75, 3.05) is 4.72 Å². The van der Waals surface area contributed by atoms with Crippen molar-refractivity contribution in [1.29, 1.82) is 0 Å². The number of nitrogens with one attached hydrogen (secondary N) is 2. The van der Waals surface area contributed by atoms with Gasteiger partial charge in [0.25, 0.3) is 15.9 Å². The molecule has 126 valence electrons. The van der Waals surface area contributed by atoms with E-state index in [1.165, 1.54) is 12.1 Å². The first-order valence-electron chi connectivity index (χ1n) is 7.24. The Morgan fingerprint density at radius 1 is 1.08 bits per heavy atom. The summed E-state index contributed by atoms with van der Waals surface area (Å²) in [6.45, 7) is 0. The third-order valence-electron chi connectivity index (χ3n) is 3.47. The molecule has 0 radical (unpaired) electrons. The number of sulfonamides is 1. The lowest BCUT2D eigenvalue weighted by atomic mass is 10.2. The zero-order valence-corrected chi connectivity index (χ0v) is 16.4. The molecule has 0 saturated heterocycles. The number of halogens is 2. The van der Waals surface area contributed by atoms with Crippen molar-refractivity contribution in [2.45, 2.75) is 23.8 Å². The third-order valence-corrected chi connectivity index (χ3v) is 6.34. The zero-order valence-electron chi connectivity index (χ0n) is 12.4. The highest BCUT2D eigenvalue weighted by atomic mass is 79.9. The first-order valence-corrected chi connectivity index (χ1v) is 10.3. The summed E-state index contributed by atoms with van der Waals surface area (Å²) in [7, 11) is -3.78. The van der Waals surface area contributed by atoms with Crippen molar-refractivity contribution >= 4 is 53.5 Å². The fourth-order valence-electron chi connectivity index (χ4n) is 2.11. The molecule has 1 fully saturated rings. The Kier molecular flexibility index (Phi) is 4.98. The largest absolute Gasteiger partial charge is 0.349 e. The molecule has 1 aliphatic carbocycles. The number of anilines is 1. The summed E-state index contributed by atoms with van der Waals surface area (Å²) in [5, 5.41) is 2.88. The highest BCUT2D eigenvalue weighted by Gasteiger charge is 2.24. The number of rotatable bonds is 5. The van der Waals surface area contributed by atoms with Gasteiger partial charge in [-0.2, -0.15) is 0 Å².